The van der Waals surface area contributed by atoms with E-state index in [4.69, 9.17) is 18.9 Å². The summed E-state index contributed by atoms with van der Waals surface area (Å²) in [5.41, 5.74) is 2.77. The summed E-state index contributed by atoms with van der Waals surface area (Å²) in [6.45, 7) is 1.38. The molecule has 2 amide bonds. The van der Waals surface area contributed by atoms with Crippen LogP contribution in [-0.2, 0) is 32.6 Å². The zero-order valence-electron chi connectivity index (χ0n) is 30.3. The summed E-state index contributed by atoms with van der Waals surface area (Å²) in [5.74, 6) is 0.207. The van der Waals surface area contributed by atoms with E-state index in [1.54, 1.807) is 12.1 Å². The van der Waals surface area contributed by atoms with Gasteiger partial charge in [-0.2, -0.15) is 0 Å². The average molecular weight is 730 g/mol. The Labute approximate surface area is 306 Å². The molecular formula is C40H47N3O8S. The standard InChI is InChI=1S/C40H47N3O8S/c1-28-15-17-30(18-16-28)26-42(35(23-29-11-7-6-8-12-29)40(45)41-31-13-9-10-14-31)39(44)27-43(34-24-32(48-2)19-21-36(34)49-3)52(46,47)33-20-22-37(50-4)38(25-33)51-5/h6-8,11-12,15-22,24-25,31,35H,9-10,13-14,23,26-27H2,1-5H3,(H,41,45)/t35-/m1/s1. The van der Waals surface area contributed by atoms with Crippen molar-refractivity contribution in [2.75, 3.05) is 39.3 Å². The van der Waals surface area contributed by atoms with Crippen molar-refractivity contribution >= 4 is 27.5 Å². The molecule has 1 atom stereocenters. The van der Waals surface area contributed by atoms with E-state index in [0.717, 1.165) is 46.7 Å². The zero-order chi connectivity index (χ0) is 37.3. The van der Waals surface area contributed by atoms with Crippen molar-refractivity contribution in [1.29, 1.82) is 0 Å². The zero-order valence-corrected chi connectivity index (χ0v) is 31.1. The lowest BCUT2D eigenvalue weighted by atomic mass is 10.0. The summed E-state index contributed by atoms with van der Waals surface area (Å²) in [5, 5.41) is 3.20. The number of amides is 2. The van der Waals surface area contributed by atoms with Gasteiger partial charge in [0.25, 0.3) is 10.0 Å². The molecule has 4 aromatic carbocycles. The topological polar surface area (TPSA) is 124 Å². The summed E-state index contributed by atoms with van der Waals surface area (Å²) in [6.07, 6.45) is 3.99. The Morgan fingerprint density at radius 2 is 1.42 bits per heavy atom. The minimum atomic E-state index is -4.49. The minimum Gasteiger partial charge on any atom is -0.497 e. The molecule has 1 aliphatic carbocycles. The molecule has 1 N–H and O–H groups in total. The van der Waals surface area contributed by atoms with E-state index < -0.39 is 28.5 Å². The Hall–Kier alpha value is -5.23. The van der Waals surface area contributed by atoms with Crippen molar-refractivity contribution in [3.8, 4) is 23.0 Å². The fourth-order valence-electron chi connectivity index (χ4n) is 6.42. The molecule has 1 fully saturated rings. The first-order valence-corrected chi connectivity index (χ1v) is 18.7. The van der Waals surface area contributed by atoms with Gasteiger partial charge in [-0.15, -0.1) is 0 Å². The number of ether oxygens (including phenoxy) is 4. The highest BCUT2D eigenvalue weighted by molar-refractivity contribution is 7.92. The van der Waals surface area contributed by atoms with Crippen LogP contribution in [0.4, 0.5) is 5.69 Å². The summed E-state index contributed by atoms with van der Waals surface area (Å²) in [7, 11) is 1.26. The van der Waals surface area contributed by atoms with Gasteiger partial charge in [-0.05, 0) is 55.2 Å². The molecule has 276 valence electrons. The Morgan fingerprint density at radius 1 is 0.769 bits per heavy atom. The second-order valence-corrected chi connectivity index (χ2v) is 14.6. The highest BCUT2D eigenvalue weighted by Crippen LogP contribution is 2.38. The predicted octanol–water partition coefficient (Wildman–Crippen LogP) is 5.92. The first-order valence-electron chi connectivity index (χ1n) is 17.2. The van der Waals surface area contributed by atoms with Crippen LogP contribution in [0, 0.1) is 6.92 Å². The van der Waals surface area contributed by atoms with Crippen LogP contribution in [0.2, 0.25) is 0 Å². The summed E-state index contributed by atoms with van der Waals surface area (Å²) in [4.78, 5) is 30.6. The van der Waals surface area contributed by atoms with E-state index in [1.165, 1.54) is 57.6 Å². The number of rotatable bonds is 16. The molecule has 0 aromatic heterocycles. The molecular weight excluding hydrogens is 683 g/mol. The lowest BCUT2D eigenvalue weighted by molar-refractivity contribution is -0.140. The SMILES string of the molecule is COc1ccc(OC)c(N(CC(=O)N(Cc2ccc(C)cc2)[C@H](Cc2ccccc2)C(=O)NC2CCCC2)S(=O)(=O)c2ccc(OC)c(OC)c2)c1. The van der Waals surface area contributed by atoms with Gasteiger partial charge < -0.3 is 29.2 Å². The summed E-state index contributed by atoms with van der Waals surface area (Å²) >= 11 is 0. The van der Waals surface area contributed by atoms with Gasteiger partial charge in [0, 0.05) is 31.1 Å². The molecule has 0 radical (unpaired) electrons. The molecule has 0 unspecified atom stereocenters. The third kappa shape index (κ3) is 8.97. The first-order chi connectivity index (χ1) is 25.1. The molecule has 0 aliphatic heterocycles. The molecule has 0 bridgehead atoms. The van der Waals surface area contributed by atoms with Crippen LogP contribution in [0.5, 0.6) is 23.0 Å². The number of nitrogens with one attached hydrogen (secondary N) is 1. The molecule has 1 aliphatic rings. The number of benzene rings is 4. The monoisotopic (exact) mass is 729 g/mol. The summed E-state index contributed by atoms with van der Waals surface area (Å²) < 4.78 is 52.3. The number of carbonyl (C=O) groups excluding carboxylic acids is 2. The van der Waals surface area contributed by atoms with E-state index in [2.05, 4.69) is 5.32 Å². The van der Waals surface area contributed by atoms with E-state index in [0.29, 0.717) is 11.5 Å². The Morgan fingerprint density at radius 3 is 2.06 bits per heavy atom. The van der Waals surface area contributed by atoms with Gasteiger partial charge >= 0.3 is 0 Å². The fourth-order valence-corrected chi connectivity index (χ4v) is 7.85. The number of sulfonamides is 1. The van der Waals surface area contributed by atoms with E-state index in [1.807, 2.05) is 61.5 Å². The quantitative estimate of drug-likeness (QED) is 0.151. The van der Waals surface area contributed by atoms with Crippen molar-refractivity contribution in [3.05, 3.63) is 108 Å². The van der Waals surface area contributed by atoms with Gasteiger partial charge in [0.1, 0.15) is 24.1 Å². The molecule has 12 heteroatoms. The number of methoxy groups -OCH3 is 4. The van der Waals surface area contributed by atoms with Crippen LogP contribution in [-0.4, -0.2) is 72.2 Å². The summed E-state index contributed by atoms with van der Waals surface area (Å²) in [6, 6.07) is 25.2. The number of aryl methyl sites for hydroxylation is 1. The second kappa shape index (κ2) is 17.3. The van der Waals surface area contributed by atoms with Crippen LogP contribution >= 0.6 is 0 Å². The van der Waals surface area contributed by atoms with Crippen LogP contribution < -0.4 is 28.6 Å². The largest absolute Gasteiger partial charge is 0.497 e. The lowest BCUT2D eigenvalue weighted by Crippen LogP contribution is -2.54. The number of hydrogen-bond acceptors (Lipinski definition) is 8. The van der Waals surface area contributed by atoms with Crippen LogP contribution in [0.15, 0.2) is 95.9 Å². The molecule has 0 spiro atoms. The van der Waals surface area contributed by atoms with Gasteiger partial charge in [-0.25, -0.2) is 8.42 Å². The number of nitrogens with zero attached hydrogens (tertiary/aromatic N) is 2. The highest BCUT2D eigenvalue weighted by Gasteiger charge is 2.37. The highest BCUT2D eigenvalue weighted by atomic mass is 32.2. The predicted molar refractivity (Wildman–Crippen MR) is 200 cm³/mol. The maximum absolute atomic E-state index is 15.0. The third-order valence-electron chi connectivity index (χ3n) is 9.32. The van der Waals surface area contributed by atoms with Crippen LogP contribution in [0.1, 0.15) is 42.4 Å². The second-order valence-electron chi connectivity index (χ2n) is 12.8. The normalized spacial score (nSPS) is 13.6. The van der Waals surface area contributed by atoms with Gasteiger partial charge in [0.15, 0.2) is 11.5 Å². The van der Waals surface area contributed by atoms with E-state index >= 15 is 0 Å². The molecule has 0 saturated heterocycles. The number of carbonyl (C=O) groups is 2. The van der Waals surface area contributed by atoms with Crippen molar-refractivity contribution in [2.24, 2.45) is 0 Å². The molecule has 4 aromatic rings. The van der Waals surface area contributed by atoms with Gasteiger partial charge in [-0.1, -0.05) is 73.0 Å². The van der Waals surface area contributed by atoms with Crippen molar-refractivity contribution in [3.63, 3.8) is 0 Å². The number of hydrogen-bond donors (Lipinski definition) is 1. The van der Waals surface area contributed by atoms with Crippen LogP contribution in [0.3, 0.4) is 0 Å². The number of anilines is 1. The lowest BCUT2D eigenvalue weighted by Gasteiger charge is -2.34. The van der Waals surface area contributed by atoms with Crippen molar-refractivity contribution < 1.29 is 37.0 Å². The minimum absolute atomic E-state index is 0.00470. The molecule has 1 saturated carbocycles. The smallest absolute Gasteiger partial charge is 0.265 e. The third-order valence-corrected chi connectivity index (χ3v) is 11.1. The Balaban J connectivity index is 1.64. The van der Waals surface area contributed by atoms with Gasteiger partial charge in [0.05, 0.1) is 39.0 Å². The molecule has 0 heterocycles. The van der Waals surface area contributed by atoms with Crippen LogP contribution in [0.25, 0.3) is 0 Å². The van der Waals surface area contributed by atoms with Gasteiger partial charge in [0.2, 0.25) is 11.8 Å². The first kappa shape index (κ1) is 38.0. The van der Waals surface area contributed by atoms with E-state index in [9.17, 15) is 18.0 Å². The van der Waals surface area contributed by atoms with Crippen molar-refractivity contribution in [1.82, 2.24) is 10.2 Å². The molecule has 5 rings (SSSR count). The van der Waals surface area contributed by atoms with Gasteiger partial charge in [-0.3, -0.25) is 13.9 Å². The maximum atomic E-state index is 15.0. The fraction of sp³-hybridized carbons (Fsp3) is 0.350. The van der Waals surface area contributed by atoms with E-state index in [-0.39, 0.29) is 47.0 Å². The van der Waals surface area contributed by atoms with Crippen molar-refractivity contribution in [2.45, 2.75) is 62.6 Å². The molecule has 52 heavy (non-hydrogen) atoms. The average Bonchev–Trinajstić information content (AvgIpc) is 3.68. The maximum Gasteiger partial charge on any atom is 0.265 e. The Bertz CT molecular complexity index is 1930. The Kier molecular flexibility index (Phi) is 12.7. The molecule has 11 nitrogen and oxygen atoms in total.